The Morgan fingerprint density at radius 2 is 1.84 bits per heavy atom. The molecule has 0 radical (unpaired) electrons. The number of thiophene rings is 1. The molecule has 19 heavy (non-hydrogen) atoms. The minimum atomic E-state index is 0.357. The molecule has 0 saturated carbocycles. The molecular formula is C13H7Cl3N2S. The number of nitrogens with zero attached hydrogens (tertiary/aromatic N) is 2. The first-order valence-corrected chi connectivity index (χ1v) is 7.39. The lowest BCUT2D eigenvalue weighted by molar-refractivity contribution is 1.24. The van der Waals surface area contributed by atoms with Crippen LogP contribution in [0.25, 0.3) is 21.6 Å². The van der Waals surface area contributed by atoms with Gasteiger partial charge in [0.2, 0.25) is 0 Å². The molecule has 0 aliphatic heterocycles. The zero-order valence-electron chi connectivity index (χ0n) is 9.75. The molecule has 0 spiro atoms. The number of aromatic nitrogens is 2. The summed E-state index contributed by atoms with van der Waals surface area (Å²) in [6.45, 7) is 2.03. The van der Waals surface area contributed by atoms with Crippen LogP contribution in [0.2, 0.25) is 15.2 Å². The van der Waals surface area contributed by atoms with Crippen LogP contribution >= 0.6 is 46.1 Å². The Labute approximate surface area is 129 Å². The van der Waals surface area contributed by atoms with Crippen molar-refractivity contribution >= 4 is 57.0 Å². The number of rotatable bonds is 1. The van der Waals surface area contributed by atoms with Gasteiger partial charge in [0.15, 0.2) is 5.82 Å². The fraction of sp³-hybridized carbons (Fsp3) is 0.0769. The van der Waals surface area contributed by atoms with Gasteiger partial charge in [-0.15, -0.1) is 11.3 Å². The van der Waals surface area contributed by atoms with Crippen molar-refractivity contribution in [3.63, 3.8) is 0 Å². The minimum Gasteiger partial charge on any atom is -0.226 e. The number of halogens is 3. The highest BCUT2D eigenvalue weighted by Crippen LogP contribution is 2.33. The number of aryl methyl sites for hydroxylation is 1. The molecule has 0 aliphatic carbocycles. The molecule has 0 amide bonds. The number of hydrogen-bond acceptors (Lipinski definition) is 3. The van der Waals surface area contributed by atoms with E-state index in [1.54, 1.807) is 23.5 Å². The van der Waals surface area contributed by atoms with E-state index in [0.29, 0.717) is 31.9 Å². The van der Waals surface area contributed by atoms with E-state index in [9.17, 15) is 0 Å². The molecule has 0 aliphatic rings. The molecule has 2 aromatic heterocycles. The van der Waals surface area contributed by atoms with Gasteiger partial charge in [-0.05, 0) is 31.2 Å². The van der Waals surface area contributed by atoms with Crippen LogP contribution in [0.5, 0.6) is 0 Å². The Morgan fingerprint density at radius 1 is 1.05 bits per heavy atom. The average Bonchev–Trinajstić information content (AvgIpc) is 2.77. The Hall–Kier alpha value is -0.870. The van der Waals surface area contributed by atoms with Gasteiger partial charge in [-0.1, -0.05) is 34.8 Å². The van der Waals surface area contributed by atoms with Gasteiger partial charge in [0.05, 0.1) is 15.4 Å². The summed E-state index contributed by atoms with van der Waals surface area (Å²) in [7, 11) is 0. The van der Waals surface area contributed by atoms with Crippen molar-refractivity contribution in [2.45, 2.75) is 6.92 Å². The number of fused-ring (bicyclic) bond motifs is 1. The van der Waals surface area contributed by atoms with Crippen molar-refractivity contribution in [1.29, 1.82) is 0 Å². The predicted octanol–water partition coefficient (Wildman–Crippen LogP) is 5.63. The van der Waals surface area contributed by atoms with Crippen LogP contribution in [0.15, 0.2) is 24.3 Å². The van der Waals surface area contributed by atoms with E-state index in [2.05, 4.69) is 9.97 Å². The predicted molar refractivity (Wildman–Crippen MR) is 82.6 cm³/mol. The summed E-state index contributed by atoms with van der Waals surface area (Å²) in [4.78, 5) is 11.0. The summed E-state index contributed by atoms with van der Waals surface area (Å²) >= 11 is 19.9. The van der Waals surface area contributed by atoms with Crippen molar-refractivity contribution in [3.05, 3.63) is 44.3 Å². The molecule has 6 heteroatoms. The highest BCUT2D eigenvalue weighted by Gasteiger charge is 2.12. The van der Waals surface area contributed by atoms with Crippen LogP contribution in [0.4, 0.5) is 0 Å². The highest BCUT2D eigenvalue weighted by atomic mass is 35.5. The quantitative estimate of drug-likeness (QED) is 0.541. The van der Waals surface area contributed by atoms with E-state index in [4.69, 9.17) is 34.8 Å². The van der Waals surface area contributed by atoms with Gasteiger partial charge >= 0.3 is 0 Å². The maximum Gasteiger partial charge on any atom is 0.171 e. The van der Waals surface area contributed by atoms with Crippen LogP contribution in [0, 0.1) is 6.92 Å². The highest BCUT2D eigenvalue weighted by molar-refractivity contribution is 7.15. The first-order valence-electron chi connectivity index (χ1n) is 5.44. The van der Waals surface area contributed by atoms with E-state index in [-0.39, 0.29) is 0 Å². The maximum atomic E-state index is 6.20. The van der Waals surface area contributed by atoms with Gasteiger partial charge in [-0.3, -0.25) is 0 Å². The van der Waals surface area contributed by atoms with Crippen molar-refractivity contribution in [3.8, 4) is 10.7 Å². The summed E-state index contributed by atoms with van der Waals surface area (Å²) in [5.74, 6) is 0.583. The molecule has 0 atom stereocenters. The van der Waals surface area contributed by atoms with E-state index in [0.717, 1.165) is 4.88 Å². The fourth-order valence-electron chi connectivity index (χ4n) is 1.79. The zero-order chi connectivity index (χ0) is 13.6. The Morgan fingerprint density at radius 3 is 2.53 bits per heavy atom. The normalized spacial score (nSPS) is 11.2. The topological polar surface area (TPSA) is 25.8 Å². The Kier molecular flexibility index (Phi) is 3.39. The second-order valence-corrected chi connectivity index (χ2v) is 6.52. The third-order valence-electron chi connectivity index (χ3n) is 2.63. The second-order valence-electron chi connectivity index (χ2n) is 4.03. The van der Waals surface area contributed by atoms with Gasteiger partial charge in [-0.2, -0.15) is 0 Å². The van der Waals surface area contributed by atoms with E-state index in [1.165, 1.54) is 4.88 Å². The molecule has 1 aromatic carbocycles. The minimum absolute atomic E-state index is 0.357. The lowest BCUT2D eigenvalue weighted by atomic mass is 10.2. The van der Waals surface area contributed by atoms with Crippen LogP contribution in [-0.2, 0) is 0 Å². The number of benzene rings is 1. The summed E-state index contributed by atoms with van der Waals surface area (Å²) in [5, 5.41) is 2.01. The van der Waals surface area contributed by atoms with Crippen molar-refractivity contribution in [1.82, 2.24) is 9.97 Å². The SMILES string of the molecule is Cc1ccc(-c2nc(Cl)c3cc(Cl)cc(Cl)c3n2)s1. The first-order chi connectivity index (χ1) is 9.04. The Balaban J connectivity index is 2.30. The molecule has 2 nitrogen and oxygen atoms in total. The monoisotopic (exact) mass is 328 g/mol. The molecule has 2 heterocycles. The van der Waals surface area contributed by atoms with Gasteiger partial charge in [0.25, 0.3) is 0 Å². The average molecular weight is 330 g/mol. The van der Waals surface area contributed by atoms with Crippen LogP contribution < -0.4 is 0 Å². The molecule has 0 bridgehead atoms. The van der Waals surface area contributed by atoms with Crippen LogP contribution in [0.1, 0.15) is 4.88 Å². The van der Waals surface area contributed by atoms with E-state index in [1.807, 2.05) is 19.1 Å². The van der Waals surface area contributed by atoms with Crippen LogP contribution in [-0.4, -0.2) is 9.97 Å². The zero-order valence-corrected chi connectivity index (χ0v) is 12.8. The van der Waals surface area contributed by atoms with E-state index >= 15 is 0 Å². The van der Waals surface area contributed by atoms with Crippen molar-refractivity contribution < 1.29 is 0 Å². The summed E-state index contributed by atoms with van der Waals surface area (Å²) < 4.78 is 0. The molecule has 0 unspecified atom stereocenters. The standard InChI is InChI=1S/C13H7Cl3N2S/c1-6-2-3-10(19-6)13-17-11-8(12(16)18-13)4-7(14)5-9(11)15/h2-5H,1H3. The largest absolute Gasteiger partial charge is 0.226 e. The smallest absolute Gasteiger partial charge is 0.171 e. The molecule has 0 saturated heterocycles. The third-order valence-corrected chi connectivity index (χ3v) is 4.42. The van der Waals surface area contributed by atoms with Crippen molar-refractivity contribution in [2.75, 3.05) is 0 Å². The lowest BCUT2D eigenvalue weighted by Crippen LogP contribution is -1.91. The van der Waals surface area contributed by atoms with Gasteiger partial charge in [0, 0.05) is 15.3 Å². The second kappa shape index (κ2) is 4.91. The maximum absolute atomic E-state index is 6.20. The van der Waals surface area contributed by atoms with E-state index < -0.39 is 0 Å². The molecule has 0 N–H and O–H groups in total. The first kappa shape index (κ1) is 13.1. The van der Waals surface area contributed by atoms with Gasteiger partial charge in [0.1, 0.15) is 5.15 Å². The summed E-state index contributed by atoms with van der Waals surface area (Å²) in [5.41, 5.74) is 0.618. The third kappa shape index (κ3) is 2.43. The lowest BCUT2D eigenvalue weighted by Gasteiger charge is -2.05. The summed E-state index contributed by atoms with van der Waals surface area (Å²) in [6.07, 6.45) is 0. The van der Waals surface area contributed by atoms with Crippen molar-refractivity contribution in [2.24, 2.45) is 0 Å². The fourth-order valence-corrected chi connectivity index (χ4v) is 3.35. The molecule has 96 valence electrons. The van der Waals surface area contributed by atoms with Crippen LogP contribution in [0.3, 0.4) is 0 Å². The summed E-state index contributed by atoms with van der Waals surface area (Å²) in [6, 6.07) is 7.36. The number of hydrogen-bond donors (Lipinski definition) is 0. The molecule has 3 aromatic rings. The Bertz CT molecular complexity index is 783. The molecule has 3 rings (SSSR count). The molecule has 0 fully saturated rings. The molecular weight excluding hydrogens is 323 g/mol. The van der Waals surface area contributed by atoms with Gasteiger partial charge < -0.3 is 0 Å². The van der Waals surface area contributed by atoms with Gasteiger partial charge in [-0.25, -0.2) is 9.97 Å².